The number of halogens is 1. The van der Waals surface area contributed by atoms with Gasteiger partial charge in [0, 0.05) is 6.07 Å². The third-order valence-electron chi connectivity index (χ3n) is 4.50. The molecule has 22 heavy (non-hydrogen) atoms. The van der Waals surface area contributed by atoms with E-state index in [2.05, 4.69) is 5.32 Å². The van der Waals surface area contributed by atoms with Crippen LogP contribution in [0.1, 0.15) is 32.6 Å². The Morgan fingerprint density at radius 1 is 1.50 bits per heavy atom. The summed E-state index contributed by atoms with van der Waals surface area (Å²) in [6.45, 7) is 2.41. The van der Waals surface area contributed by atoms with Crippen LogP contribution in [0.2, 0.25) is 0 Å². The first-order valence-corrected chi connectivity index (χ1v) is 8.01. The van der Waals surface area contributed by atoms with Gasteiger partial charge in [0.2, 0.25) is 5.91 Å². The van der Waals surface area contributed by atoms with Crippen molar-refractivity contribution in [2.24, 2.45) is 5.92 Å². The minimum absolute atomic E-state index is 0.0228. The van der Waals surface area contributed by atoms with E-state index in [0.29, 0.717) is 12.3 Å². The number of amides is 1. The molecule has 0 saturated carbocycles. The number of carbonyl (C=O) groups excluding carboxylic acids is 1. The van der Waals surface area contributed by atoms with Crippen molar-refractivity contribution < 1.29 is 18.7 Å². The fraction of sp³-hybridized carbons (Fsp3) is 0.588. The highest BCUT2D eigenvalue weighted by Crippen LogP contribution is 2.38. The van der Waals surface area contributed by atoms with Gasteiger partial charge in [0.05, 0.1) is 24.7 Å². The predicted molar refractivity (Wildman–Crippen MR) is 80.1 cm³/mol. The average Bonchev–Trinajstić information content (AvgIpc) is 3.14. The van der Waals surface area contributed by atoms with E-state index in [0.717, 1.165) is 25.7 Å². The lowest BCUT2D eigenvalue weighted by Gasteiger charge is -2.21. The van der Waals surface area contributed by atoms with E-state index in [1.165, 1.54) is 12.1 Å². The molecule has 2 aliphatic heterocycles. The van der Waals surface area contributed by atoms with E-state index < -0.39 is 0 Å². The summed E-state index contributed by atoms with van der Waals surface area (Å²) in [4.78, 5) is 12.3. The van der Waals surface area contributed by atoms with Gasteiger partial charge in [0.25, 0.3) is 0 Å². The van der Waals surface area contributed by atoms with Crippen LogP contribution >= 0.6 is 0 Å². The van der Waals surface area contributed by atoms with Gasteiger partial charge in [0.1, 0.15) is 17.7 Å². The zero-order valence-electron chi connectivity index (χ0n) is 12.8. The normalized spacial score (nSPS) is 27.6. The first-order valence-electron chi connectivity index (χ1n) is 8.01. The predicted octanol–water partition coefficient (Wildman–Crippen LogP) is 2.67. The number of hydrogen-bond donors (Lipinski definition) is 1. The maximum atomic E-state index is 13.2. The second-order valence-corrected chi connectivity index (χ2v) is 6.07. The molecule has 2 bridgehead atoms. The Labute approximate surface area is 130 Å². The summed E-state index contributed by atoms with van der Waals surface area (Å²) >= 11 is 0. The highest BCUT2D eigenvalue weighted by molar-refractivity contribution is 5.79. The Balaban J connectivity index is 1.49. The molecular weight excluding hydrogens is 285 g/mol. The smallest absolute Gasteiger partial charge is 0.225 e. The van der Waals surface area contributed by atoms with Gasteiger partial charge < -0.3 is 14.8 Å². The Morgan fingerprint density at radius 2 is 2.36 bits per heavy atom. The molecule has 1 aromatic carbocycles. The minimum atomic E-state index is -0.324. The van der Waals surface area contributed by atoms with Crippen LogP contribution in [0.25, 0.3) is 0 Å². The average molecular weight is 307 g/mol. The van der Waals surface area contributed by atoms with Crippen LogP contribution in [0.5, 0.6) is 5.75 Å². The Kier molecular flexibility index (Phi) is 4.62. The summed E-state index contributed by atoms with van der Waals surface area (Å²) in [5, 5.41) is 2.96. The fourth-order valence-corrected chi connectivity index (χ4v) is 3.26. The zero-order chi connectivity index (χ0) is 15.5. The van der Waals surface area contributed by atoms with E-state index in [1.54, 1.807) is 12.1 Å². The lowest BCUT2D eigenvalue weighted by atomic mass is 9.88. The molecule has 0 unspecified atom stereocenters. The number of benzene rings is 1. The van der Waals surface area contributed by atoms with E-state index in [4.69, 9.17) is 9.47 Å². The number of ether oxygens (including phenoxy) is 2. The third kappa shape index (κ3) is 3.40. The van der Waals surface area contributed by atoms with Crippen molar-refractivity contribution in [3.63, 3.8) is 0 Å². The molecule has 2 aliphatic rings. The molecule has 2 heterocycles. The summed E-state index contributed by atoms with van der Waals surface area (Å²) in [5.41, 5.74) is 0. The zero-order valence-corrected chi connectivity index (χ0v) is 12.8. The maximum Gasteiger partial charge on any atom is 0.225 e. The number of rotatable bonds is 6. The molecule has 4 nitrogen and oxygen atoms in total. The molecule has 4 atom stereocenters. The molecule has 2 saturated heterocycles. The van der Waals surface area contributed by atoms with E-state index in [1.807, 2.05) is 6.92 Å². The summed E-state index contributed by atoms with van der Waals surface area (Å²) in [6.07, 6.45) is 3.84. The van der Waals surface area contributed by atoms with Crippen LogP contribution in [0.4, 0.5) is 4.39 Å². The van der Waals surface area contributed by atoms with Crippen molar-refractivity contribution in [3.8, 4) is 5.75 Å². The lowest BCUT2D eigenvalue weighted by molar-refractivity contribution is -0.126. The third-order valence-corrected chi connectivity index (χ3v) is 4.50. The largest absolute Gasteiger partial charge is 0.489 e. The Hall–Kier alpha value is -1.62. The molecule has 120 valence electrons. The van der Waals surface area contributed by atoms with E-state index in [-0.39, 0.29) is 36.0 Å². The van der Waals surface area contributed by atoms with Crippen molar-refractivity contribution in [2.75, 3.05) is 6.54 Å². The van der Waals surface area contributed by atoms with Gasteiger partial charge in [-0.3, -0.25) is 4.79 Å². The number of fused-ring (bicyclic) bond motifs is 2. The highest BCUT2D eigenvalue weighted by atomic mass is 19.1. The van der Waals surface area contributed by atoms with Crippen LogP contribution in [-0.4, -0.2) is 30.8 Å². The maximum absolute atomic E-state index is 13.2. The Bertz CT molecular complexity index is 536. The number of hydrogen-bond acceptors (Lipinski definition) is 3. The molecule has 5 heteroatoms. The second-order valence-electron chi connectivity index (χ2n) is 6.07. The number of nitrogens with one attached hydrogen (secondary N) is 1. The van der Waals surface area contributed by atoms with Crippen molar-refractivity contribution in [3.05, 3.63) is 30.1 Å². The fourth-order valence-electron chi connectivity index (χ4n) is 3.26. The molecule has 0 spiro atoms. The van der Waals surface area contributed by atoms with Gasteiger partial charge in [-0.25, -0.2) is 4.39 Å². The van der Waals surface area contributed by atoms with E-state index in [9.17, 15) is 9.18 Å². The van der Waals surface area contributed by atoms with Crippen LogP contribution in [0.3, 0.4) is 0 Å². The van der Waals surface area contributed by atoms with Gasteiger partial charge in [-0.2, -0.15) is 0 Å². The monoisotopic (exact) mass is 307 g/mol. The van der Waals surface area contributed by atoms with E-state index >= 15 is 0 Å². The molecule has 0 radical (unpaired) electrons. The quantitative estimate of drug-likeness (QED) is 0.879. The van der Waals surface area contributed by atoms with Crippen molar-refractivity contribution in [1.29, 1.82) is 0 Å². The molecule has 2 fully saturated rings. The minimum Gasteiger partial charge on any atom is -0.489 e. The highest BCUT2D eigenvalue weighted by Gasteiger charge is 2.44. The molecule has 0 aromatic heterocycles. The molecule has 1 N–H and O–H groups in total. The molecule has 3 rings (SSSR count). The van der Waals surface area contributed by atoms with Crippen molar-refractivity contribution >= 4 is 5.91 Å². The van der Waals surface area contributed by atoms with Crippen LogP contribution in [0, 0.1) is 11.7 Å². The molecule has 1 aromatic rings. The summed E-state index contributed by atoms with van der Waals surface area (Å²) in [6, 6.07) is 6.07. The summed E-state index contributed by atoms with van der Waals surface area (Å²) in [7, 11) is 0. The second kappa shape index (κ2) is 6.65. The van der Waals surface area contributed by atoms with Gasteiger partial charge in [-0.15, -0.1) is 0 Å². The summed E-state index contributed by atoms with van der Waals surface area (Å²) < 4.78 is 24.6. The molecule has 0 aliphatic carbocycles. The van der Waals surface area contributed by atoms with Gasteiger partial charge >= 0.3 is 0 Å². The van der Waals surface area contributed by atoms with Gasteiger partial charge in [0.15, 0.2) is 0 Å². The lowest BCUT2D eigenvalue weighted by Crippen LogP contribution is -2.41. The molecule has 1 amide bonds. The standard InChI is InChI=1S/C17H22FNO3/c1-2-12(21-13-5-3-4-11(18)8-13)10-19-17(20)15-9-14-6-7-16(15)22-14/h3-5,8,12,14-16H,2,6-7,9-10H2,1H3,(H,19,20)/t12-,14+,15-,16+/m1/s1. The first kappa shape index (κ1) is 15.3. The van der Waals surface area contributed by atoms with Gasteiger partial charge in [-0.1, -0.05) is 13.0 Å². The van der Waals surface area contributed by atoms with Gasteiger partial charge in [-0.05, 0) is 37.8 Å². The first-order chi connectivity index (χ1) is 10.7. The Morgan fingerprint density at radius 3 is 3.00 bits per heavy atom. The van der Waals surface area contributed by atoms with Crippen LogP contribution in [-0.2, 0) is 9.53 Å². The van der Waals surface area contributed by atoms with Crippen molar-refractivity contribution in [2.45, 2.75) is 50.9 Å². The van der Waals surface area contributed by atoms with Crippen LogP contribution < -0.4 is 10.1 Å². The van der Waals surface area contributed by atoms with Crippen LogP contribution in [0.15, 0.2) is 24.3 Å². The van der Waals surface area contributed by atoms with Crippen molar-refractivity contribution in [1.82, 2.24) is 5.32 Å². The number of carbonyl (C=O) groups is 1. The SMILES string of the molecule is CC[C@H](CNC(=O)[C@@H]1C[C@@H]2CC[C@@H]1O2)Oc1cccc(F)c1. The summed E-state index contributed by atoms with van der Waals surface area (Å²) in [5.74, 6) is 0.193. The topological polar surface area (TPSA) is 47.6 Å². The molecular formula is C17H22FNO3.